The Labute approximate surface area is 209 Å². The highest BCUT2D eigenvalue weighted by atomic mass is 79.9. The van der Waals surface area contributed by atoms with Crippen LogP contribution in [0.1, 0.15) is 75.6 Å². The zero-order valence-electron chi connectivity index (χ0n) is 19.8. The van der Waals surface area contributed by atoms with E-state index in [1.807, 2.05) is 0 Å². The second kappa shape index (κ2) is 9.52. The van der Waals surface area contributed by atoms with Crippen LogP contribution in [0, 0.1) is 0 Å². The number of nitrogens with zero attached hydrogens (tertiary/aromatic N) is 4. The third kappa shape index (κ3) is 5.95. The molecular formula is C24H26BrF2N5O3. The summed E-state index contributed by atoms with van der Waals surface area (Å²) in [5.41, 5.74) is 0.885. The molecule has 0 bridgehead atoms. The van der Waals surface area contributed by atoms with Crippen molar-refractivity contribution >= 4 is 33.7 Å². The van der Waals surface area contributed by atoms with Crippen LogP contribution in [0.4, 0.5) is 19.4 Å². The molecule has 8 nitrogen and oxygen atoms in total. The first-order valence-electron chi connectivity index (χ1n) is 11.2. The number of rotatable bonds is 6. The topological polar surface area (TPSA) is 91.0 Å². The van der Waals surface area contributed by atoms with Crippen molar-refractivity contribution in [3.8, 4) is 5.69 Å². The van der Waals surface area contributed by atoms with Crippen LogP contribution in [0.5, 0.6) is 0 Å². The molecule has 2 aromatic heterocycles. The molecule has 1 N–H and O–H groups in total. The maximum atomic E-state index is 13.2. The van der Waals surface area contributed by atoms with Crippen molar-refractivity contribution in [1.29, 1.82) is 0 Å². The Balaban J connectivity index is 1.54. The number of benzene rings is 1. The minimum absolute atomic E-state index is 0.140. The first-order chi connectivity index (χ1) is 16.4. The van der Waals surface area contributed by atoms with Crippen LogP contribution in [-0.4, -0.2) is 37.2 Å². The Morgan fingerprint density at radius 2 is 1.89 bits per heavy atom. The van der Waals surface area contributed by atoms with Crippen LogP contribution >= 0.6 is 15.9 Å². The largest absolute Gasteiger partial charge is 0.442 e. The van der Waals surface area contributed by atoms with E-state index in [0.717, 1.165) is 23.2 Å². The van der Waals surface area contributed by atoms with Gasteiger partial charge in [0, 0.05) is 33.8 Å². The highest BCUT2D eigenvalue weighted by Gasteiger charge is 2.31. The summed E-state index contributed by atoms with van der Waals surface area (Å²) < 4.78 is 34.8. The molecule has 1 fully saturated rings. The van der Waals surface area contributed by atoms with Crippen molar-refractivity contribution in [2.24, 2.45) is 0 Å². The van der Waals surface area contributed by atoms with Crippen molar-refractivity contribution in [2.45, 2.75) is 64.4 Å². The molecule has 0 aliphatic heterocycles. The number of ether oxygens (including phenoxy) is 1. The molecule has 1 saturated carbocycles. The smallest absolute Gasteiger partial charge is 0.437 e. The van der Waals surface area contributed by atoms with E-state index >= 15 is 0 Å². The van der Waals surface area contributed by atoms with Crippen molar-refractivity contribution < 1.29 is 23.1 Å². The summed E-state index contributed by atoms with van der Waals surface area (Å²) in [5, 5.41) is 11.4. The van der Waals surface area contributed by atoms with Gasteiger partial charge < -0.3 is 10.1 Å². The summed E-state index contributed by atoms with van der Waals surface area (Å²) in [6.07, 6.45) is 1.79. The summed E-state index contributed by atoms with van der Waals surface area (Å²) in [7, 11) is 0. The normalized spacial score (nSPS) is 14.7. The number of alkyl halides is 2. The Morgan fingerprint density at radius 3 is 2.51 bits per heavy atom. The number of anilines is 1. The minimum atomic E-state index is -2.62. The molecule has 11 heteroatoms. The summed E-state index contributed by atoms with van der Waals surface area (Å²) in [5.74, 6) is -0.511. The summed E-state index contributed by atoms with van der Waals surface area (Å²) in [6.45, 7) is 6.95. The molecule has 4 rings (SSSR count). The van der Waals surface area contributed by atoms with Gasteiger partial charge in [-0.2, -0.15) is 10.2 Å². The molecular weight excluding hydrogens is 524 g/mol. The Bertz CT molecular complexity index is 1260. The monoisotopic (exact) mass is 549 g/mol. The number of halogens is 3. The highest BCUT2D eigenvalue weighted by molar-refractivity contribution is 9.10. The van der Waals surface area contributed by atoms with Crippen LogP contribution < -0.4 is 5.32 Å². The molecule has 0 spiro atoms. The fourth-order valence-corrected chi connectivity index (χ4v) is 3.95. The number of hydrogen-bond donors (Lipinski definition) is 1. The number of aromatic nitrogens is 4. The predicted octanol–water partition coefficient (Wildman–Crippen LogP) is 6.17. The summed E-state index contributed by atoms with van der Waals surface area (Å²) in [6, 6.07) is 6.04. The predicted molar refractivity (Wildman–Crippen MR) is 129 cm³/mol. The van der Waals surface area contributed by atoms with Gasteiger partial charge in [-0.3, -0.25) is 4.79 Å². The third-order valence-electron chi connectivity index (χ3n) is 5.46. The number of nitrogens with one attached hydrogen (secondary N) is 1. The maximum Gasteiger partial charge on any atom is 0.437 e. The number of carbonyl (C=O) groups excluding carboxylic acids is 2. The number of carbonyl (C=O) groups is 2. The van der Waals surface area contributed by atoms with Gasteiger partial charge in [-0.05, 0) is 58.7 Å². The lowest BCUT2D eigenvalue weighted by molar-refractivity contribution is -0.117. The maximum absolute atomic E-state index is 13.2. The average Bonchev–Trinajstić information content (AvgIpc) is 3.34. The zero-order valence-corrected chi connectivity index (χ0v) is 21.3. The van der Waals surface area contributed by atoms with E-state index in [9.17, 15) is 18.4 Å². The van der Waals surface area contributed by atoms with Gasteiger partial charge in [0.15, 0.2) is 0 Å². The van der Waals surface area contributed by atoms with Gasteiger partial charge in [-0.15, -0.1) is 4.68 Å². The Hall–Kier alpha value is -3.08. The highest BCUT2D eigenvalue weighted by Crippen LogP contribution is 2.40. The van der Waals surface area contributed by atoms with E-state index in [2.05, 4.69) is 31.4 Å². The molecule has 1 unspecified atom stereocenters. The minimum Gasteiger partial charge on any atom is -0.442 e. The van der Waals surface area contributed by atoms with Gasteiger partial charge in [-0.25, -0.2) is 18.3 Å². The Morgan fingerprint density at radius 1 is 1.17 bits per heavy atom. The van der Waals surface area contributed by atoms with Crippen LogP contribution in [0.3, 0.4) is 0 Å². The van der Waals surface area contributed by atoms with E-state index in [4.69, 9.17) is 4.74 Å². The molecule has 186 valence electrons. The van der Waals surface area contributed by atoms with E-state index < -0.39 is 24.0 Å². The third-order valence-corrected chi connectivity index (χ3v) is 5.92. The van der Waals surface area contributed by atoms with Gasteiger partial charge in [0.1, 0.15) is 11.4 Å². The molecule has 1 aliphatic rings. The van der Waals surface area contributed by atoms with Crippen LogP contribution in [0.25, 0.3) is 5.69 Å². The average molecular weight is 550 g/mol. The SMILES string of the molecule is CC(C(=O)Nc1cc(C2CC2)nn1C(=O)OC(C)(C)C)c1cnn(-c2cc(Br)cc(C(F)F)c2)c1. The Kier molecular flexibility index (Phi) is 6.81. The quantitative estimate of drug-likeness (QED) is 0.397. The molecule has 1 amide bonds. The first-order valence-corrected chi connectivity index (χ1v) is 12.0. The summed E-state index contributed by atoms with van der Waals surface area (Å²) >= 11 is 3.24. The summed E-state index contributed by atoms with van der Waals surface area (Å²) in [4.78, 5) is 25.7. The molecule has 0 radical (unpaired) electrons. The molecule has 1 atom stereocenters. The number of amides is 1. The molecule has 35 heavy (non-hydrogen) atoms. The molecule has 0 saturated heterocycles. The fourth-order valence-electron chi connectivity index (χ4n) is 3.45. The second-order valence-electron chi connectivity index (χ2n) is 9.59. The lowest BCUT2D eigenvalue weighted by atomic mass is 10.0. The van der Waals surface area contributed by atoms with Gasteiger partial charge in [-0.1, -0.05) is 15.9 Å². The van der Waals surface area contributed by atoms with E-state index in [-0.39, 0.29) is 23.2 Å². The number of hydrogen-bond acceptors (Lipinski definition) is 5. The van der Waals surface area contributed by atoms with Gasteiger partial charge in [0.2, 0.25) is 5.91 Å². The fraction of sp³-hybridized carbons (Fsp3) is 0.417. The van der Waals surface area contributed by atoms with Crippen LogP contribution in [-0.2, 0) is 9.53 Å². The lowest BCUT2D eigenvalue weighted by Gasteiger charge is -2.20. The van der Waals surface area contributed by atoms with Gasteiger partial charge in [0.05, 0.1) is 23.5 Å². The standard InChI is InChI=1S/C24H26BrF2N5O3/c1-13(16-11-28-31(12-16)18-8-15(21(26)27)7-17(25)9-18)22(33)29-20-10-19(14-5-6-14)30-32(20)23(34)35-24(2,3)4/h7-14,21H,5-6H2,1-4H3,(H,29,33). The second-order valence-corrected chi connectivity index (χ2v) is 10.5. The van der Waals surface area contributed by atoms with E-state index in [0.29, 0.717) is 15.7 Å². The van der Waals surface area contributed by atoms with Crippen molar-refractivity contribution in [1.82, 2.24) is 19.6 Å². The van der Waals surface area contributed by atoms with Gasteiger partial charge >= 0.3 is 6.09 Å². The van der Waals surface area contributed by atoms with Crippen LogP contribution in [0.15, 0.2) is 41.1 Å². The van der Waals surface area contributed by atoms with Crippen molar-refractivity contribution in [2.75, 3.05) is 5.32 Å². The molecule has 2 heterocycles. The molecule has 1 aliphatic carbocycles. The van der Waals surface area contributed by atoms with Gasteiger partial charge in [0.25, 0.3) is 6.43 Å². The zero-order chi connectivity index (χ0) is 25.5. The van der Waals surface area contributed by atoms with Crippen molar-refractivity contribution in [3.05, 3.63) is 58.0 Å². The van der Waals surface area contributed by atoms with E-state index in [1.165, 1.54) is 23.0 Å². The van der Waals surface area contributed by atoms with Crippen molar-refractivity contribution in [3.63, 3.8) is 0 Å². The molecule has 3 aromatic rings. The lowest BCUT2D eigenvalue weighted by Crippen LogP contribution is -2.29. The van der Waals surface area contributed by atoms with Crippen LogP contribution in [0.2, 0.25) is 0 Å². The molecule has 1 aromatic carbocycles. The first kappa shape index (κ1) is 25.0. The van der Waals surface area contributed by atoms with E-state index in [1.54, 1.807) is 46.0 Å².